The van der Waals surface area contributed by atoms with Crippen LogP contribution in [0.3, 0.4) is 0 Å². The zero-order chi connectivity index (χ0) is 13.7. The minimum atomic E-state index is -4.18. The lowest BCUT2D eigenvalue weighted by atomic mass is 10.2. The van der Waals surface area contributed by atoms with Crippen molar-refractivity contribution in [3.8, 4) is 0 Å². The maximum atomic E-state index is 10.7. The molecule has 19 heavy (non-hydrogen) atoms. The average molecular weight is 277 g/mol. The van der Waals surface area contributed by atoms with Crippen LogP contribution < -0.4 is 4.57 Å². The standard InChI is InChI=1S/C14H15NO3S/c16-19(17,18)11-9-14-8-4-5-10-15(14)12-13-6-2-1-3-7-13/h1-8,10H,9,11-12H2. The van der Waals surface area contributed by atoms with Gasteiger partial charge in [-0.25, -0.2) is 8.42 Å². The highest BCUT2D eigenvalue weighted by Crippen LogP contribution is 2.01. The van der Waals surface area contributed by atoms with Crippen LogP contribution >= 0.6 is 0 Å². The van der Waals surface area contributed by atoms with Crippen LogP contribution in [0.4, 0.5) is 0 Å². The Morgan fingerprint density at radius 1 is 1.00 bits per heavy atom. The Morgan fingerprint density at radius 2 is 1.68 bits per heavy atom. The minimum absolute atomic E-state index is 0.236. The maximum Gasteiger partial charge on any atom is 0.182 e. The molecule has 1 aromatic heterocycles. The van der Waals surface area contributed by atoms with Crippen molar-refractivity contribution in [1.29, 1.82) is 0 Å². The van der Waals surface area contributed by atoms with Crippen LogP contribution in [0.5, 0.6) is 0 Å². The number of hydrogen-bond acceptors (Lipinski definition) is 3. The quantitative estimate of drug-likeness (QED) is 0.607. The van der Waals surface area contributed by atoms with Gasteiger partial charge in [0.25, 0.3) is 0 Å². The molecule has 1 heterocycles. The molecule has 0 aliphatic carbocycles. The van der Waals surface area contributed by atoms with Crippen LogP contribution in [-0.4, -0.2) is 18.7 Å². The second-order valence-electron chi connectivity index (χ2n) is 4.32. The molecule has 0 unspecified atom stereocenters. The molecule has 0 amide bonds. The zero-order valence-corrected chi connectivity index (χ0v) is 11.2. The lowest BCUT2D eigenvalue weighted by Crippen LogP contribution is -2.39. The van der Waals surface area contributed by atoms with Gasteiger partial charge in [-0.1, -0.05) is 36.4 Å². The Labute approximate surface area is 113 Å². The molecule has 1 aromatic carbocycles. The van der Waals surface area contributed by atoms with E-state index in [1.807, 2.05) is 59.3 Å². The molecular weight excluding hydrogens is 262 g/mol. The van der Waals surface area contributed by atoms with Gasteiger partial charge in [-0.2, -0.15) is 4.57 Å². The SMILES string of the molecule is O=S(=O)([O-])CCc1cccc[n+]1Cc1ccccc1. The van der Waals surface area contributed by atoms with Gasteiger partial charge in [0.2, 0.25) is 0 Å². The van der Waals surface area contributed by atoms with Crippen LogP contribution in [0.1, 0.15) is 11.3 Å². The normalized spacial score (nSPS) is 11.4. The molecule has 4 nitrogen and oxygen atoms in total. The lowest BCUT2D eigenvalue weighted by Gasteiger charge is -2.07. The molecule has 5 heteroatoms. The van der Waals surface area contributed by atoms with Crippen molar-refractivity contribution in [3.05, 3.63) is 66.0 Å². The first-order valence-electron chi connectivity index (χ1n) is 5.99. The molecule has 100 valence electrons. The van der Waals surface area contributed by atoms with Crippen LogP contribution in [0, 0.1) is 0 Å². The summed E-state index contributed by atoms with van der Waals surface area (Å²) >= 11 is 0. The van der Waals surface area contributed by atoms with E-state index in [2.05, 4.69) is 0 Å². The summed E-state index contributed by atoms with van der Waals surface area (Å²) in [4.78, 5) is 0. The Kier molecular flexibility index (Phi) is 4.29. The van der Waals surface area contributed by atoms with E-state index in [9.17, 15) is 13.0 Å². The molecule has 0 saturated heterocycles. The molecular formula is C14H15NO3S. The predicted octanol–water partition coefficient (Wildman–Crippen LogP) is 1.11. The first-order chi connectivity index (χ1) is 9.04. The third-order valence-corrected chi connectivity index (χ3v) is 3.54. The van der Waals surface area contributed by atoms with Crippen molar-refractivity contribution in [2.45, 2.75) is 13.0 Å². The van der Waals surface area contributed by atoms with E-state index in [1.54, 1.807) is 0 Å². The summed E-state index contributed by atoms with van der Waals surface area (Å²) in [5, 5.41) is 0. The molecule has 0 aliphatic heterocycles. The van der Waals surface area contributed by atoms with Gasteiger partial charge in [0.1, 0.15) is 0 Å². The Morgan fingerprint density at radius 3 is 2.37 bits per heavy atom. The van der Waals surface area contributed by atoms with Crippen molar-refractivity contribution in [2.24, 2.45) is 0 Å². The highest BCUT2D eigenvalue weighted by atomic mass is 32.2. The van der Waals surface area contributed by atoms with Gasteiger partial charge >= 0.3 is 0 Å². The van der Waals surface area contributed by atoms with Gasteiger partial charge in [0.15, 0.2) is 18.4 Å². The highest BCUT2D eigenvalue weighted by molar-refractivity contribution is 7.85. The van der Waals surface area contributed by atoms with Crippen molar-refractivity contribution in [3.63, 3.8) is 0 Å². The van der Waals surface area contributed by atoms with E-state index in [0.717, 1.165) is 11.3 Å². The second-order valence-corrected chi connectivity index (χ2v) is 5.84. The molecule has 0 fully saturated rings. The molecule has 2 rings (SSSR count). The van der Waals surface area contributed by atoms with Crippen molar-refractivity contribution in [1.82, 2.24) is 0 Å². The maximum absolute atomic E-state index is 10.7. The highest BCUT2D eigenvalue weighted by Gasteiger charge is 2.11. The summed E-state index contributed by atoms with van der Waals surface area (Å²) in [6, 6.07) is 15.5. The van der Waals surface area contributed by atoms with Crippen LogP contribution in [0.25, 0.3) is 0 Å². The number of rotatable bonds is 5. The topological polar surface area (TPSA) is 61.1 Å². The fourth-order valence-electron chi connectivity index (χ4n) is 1.90. The number of nitrogens with zero attached hydrogens (tertiary/aromatic N) is 1. The molecule has 0 saturated carbocycles. The van der Waals surface area contributed by atoms with E-state index in [4.69, 9.17) is 0 Å². The summed E-state index contributed by atoms with van der Waals surface area (Å²) in [6.07, 6.45) is 2.12. The van der Waals surface area contributed by atoms with Crippen molar-refractivity contribution < 1.29 is 17.5 Å². The van der Waals surface area contributed by atoms with Crippen molar-refractivity contribution >= 4 is 10.1 Å². The smallest absolute Gasteiger partial charge is 0.182 e. The first-order valence-corrected chi connectivity index (χ1v) is 7.57. The van der Waals surface area contributed by atoms with Gasteiger partial charge in [0.05, 0.1) is 10.1 Å². The molecule has 0 bridgehead atoms. The summed E-state index contributed by atoms with van der Waals surface area (Å²) in [5.41, 5.74) is 1.97. The number of aryl methyl sites for hydroxylation is 1. The largest absolute Gasteiger partial charge is 0.748 e. The third kappa shape index (κ3) is 4.46. The fourth-order valence-corrected chi connectivity index (χ4v) is 2.36. The molecule has 0 atom stereocenters. The molecule has 0 radical (unpaired) electrons. The van der Waals surface area contributed by atoms with Crippen LogP contribution in [-0.2, 0) is 23.1 Å². The fraction of sp³-hybridized carbons (Fsp3) is 0.214. The average Bonchev–Trinajstić information content (AvgIpc) is 2.38. The lowest BCUT2D eigenvalue weighted by molar-refractivity contribution is -0.695. The van der Waals surface area contributed by atoms with E-state index >= 15 is 0 Å². The molecule has 0 aliphatic rings. The molecule has 0 N–H and O–H groups in total. The number of pyridine rings is 1. The first kappa shape index (κ1) is 13.7. The van der Waals surface area contributed by atoms with Crippen molar-refractivity contribution in [2.75, 3.05) is 5.75 Å². The van der Waals surface area contributed by atoms with Gasteiger partial charge < -0.3 is 4.55 Å². The van der Waals surface area contributed by atoms with E-state index in [-0.39, 0.29) is 12.2 Å². The number of aromatic nitrogens is 1. The number of hydrogen-bond donors (Lipinski definition) is 0. The summed E-state index contributed by atoms with van der Waals surface area (Å²) in [6.45, 7) is 0.663. The summed E-state index contributed by atoms with van der Waals surface area (Å²) in [5.74, 6) is -0.369. The zero-order valence-electron chi connectivity index (χ0n) is 10.4. The van der Waals surface area contributed by atoms with Gasteiger partial charge in [0, 0.05) is 29.9 Å². The van der Waals surface area contributed by atoms with E-state index in [1.165, 1.54) is 0 Å². The summed E-state index contributed by atoms with van der Waals surface area (Å²) < 4.78 is 34.1. The molecule has 0 spiro atoms. The van der Waals surface area contributed by atoms with Crippen LogP contribution in [0.2, 0.25) is 0 Å². The monoisotopic (exact) mass is 277 g/mol. The summed E-state index contributed by atoms with van der Waals surface area (Å²) in [7, 11) is -4.18. The second kappa shape index (κ2) is 5.95. The van der Waals surface area contributed by atoms with Crippen LogP contribution in [0.15, 0.2) is 54.7 Å². The Balaban J connectivity index is 2.17. The third-order valence-electron chi connectivity index (χ3n) is 2.84. The Hall–Kier alpha value is -1.72. The Bertz CT molecular complexity index is 639. The number of benzene rings is 1. The molecule has 2 aromatic rings. The van der Waals surface area contributed by atoms with E-state index < -0.39 is 10.1 Å². The van der Waals surface area contributed by atoms with Gasteiger partial charge in [-0.15, -0.1) is 0 Å². The predicted molar refractivity (Wildman–Crippen MR) is 70.4 cm³/mol. The van der Waals surface area contributed by atoms with Gasteiger partial charge in [-0.3, -0.25) is 0 Å². The minimum Gasteiger partial charge on any atom is -0.748 e. The van der Waals surface area contributed by atoms with Gasteiger partial charge in [-0.05, 0) is 0 Å². The van der Waals surface area contributed by atoms with E-state index in [0.29, 0.717) is 6.54 Å².